The molecule has 1 saturated heterocycles. The Hall–Kier alpha value is -3.12. The maximum atomic E-state index is 12.9. The largest absolute Gasteiger partial charge is 0.497 e. The van der Waals surface area contributed by atoms with Crippen molar-refractivity contribution in [2.45, 2.75) is 13.5 Å². The zero-order valence-corrected chi connectivity index (χ0v) is 17.5. The van der Waals surface area contributed by atoms with Crippen LogP contribution < -0.4 is 9.47 Å². The maximum absolute atomic E-state index is 12.9. The van der Waals surface area contributed by atoms with Crippen LogP contribution in [0.3, 0.4) is 0 Å². The minimum Gasteiger partial charge on any atom is -0.497 e. The molecule has 6 nitrogen and oxygen atoms in total. The normalized spacial score (nSPS) is 14.7. The van der Waals surface area contributed by atoms with Crippen LogP contribution in [0.4, 0.5) is 0 Å². The number of amides is 1. The standard InChI is InChI=1S/C24H27N3O3/c1-3-30-20-7-4-18(5-8-20)17-26-12-14-27(15-13-26)24(28)23-10-6-19-16-21(29-2)9-11-22(19)25-23/h4-11,16H,3,12-15,17H2,1-2H3. The van der Waals surface area contributed by atoms with Crippen molar-refractivity contribution in [2.24, 2.45) is 0 Å². The van der Waals surface area contributed by atoms with E-state index in [2.05, 4.69) is 22.0 Å². The van der Waals surface area contributed by atoms with E-state index < -0.39 is 0 Å². The van der Waals surface area contributed by atoms with Gasteiger partial charge >= 0.3 is 0 Å². The van der Waals surface area contributed by atoms with Crippen molar-refractivity contribution in [2.75, 3.05) is 39.9 Å². The first-order valence-electron chi connectivity index (χ1n) is 10.3. The van der Waals surface area contributed by atoms with Gasteiger partial charge in [-0.1, -0.05) is 18.2 Å². The van der Waals surface area contributed by atoms with Crippen LogP contribution in [0, 0.1) is 0 Å². The van der Waals surface area contributed by atoms with Crippen molar-refractivity contribution in [3.8, 4) is 11.5 Å². The van der Waals surface area contributed by atoms with Gasteiger partial charge in [0.05, 0.1) is 19.2 Å². The molecule has 0 N–H and O–H groups in total. The van der Waals surface area contributed by atoms with Gasteiger partial charge in [0.2, 0.25) is 0 Å². The van der Waals surface area contributed by atoms with Gasteiger partial charge in [-0.15, -0.1) is 0 Å². The molecule has 1 aliphatic rings. The van der Waals surface area contributed by atoms with E-state index in [4.69, 9.17) is 9.47 Å². The lowest BCUT2D eigenvalue weighted by Gasteiger charge is -2.34. The first kappa shape index (κ1) is 20.2. The van der Waals surface area contributed by atoms with Crippen LogP contribution >= 0.6 is 0 Å². The van der Waals surface area contributed by atoms with Crippen molar-refractivity contribution in [1.82, 2.24) is 14.8 Å². The molecule has 0 spiro atoms. The predicted octanol–water partition coefficient (Wildman–Crippen LogP) is 3.60. The maximum Gasteiger partial charge on any atom is 0.272 e. The number of rotatable bonds is 6. The topological polar surface area (TPSA) is 54.9 Å². The fraction of sp³-hybridized carbons (Fsp3) is 0.333. The zero-order chi connectivity index (χ0) is 20.9. The molecule has 1 amide bonds. The Kier molecular flexibility index (Phi) is 6.14. The molecular formula is C24H27N3O3. The number of benzene rings is 2. The van der Waals surface area contributed by atoms with Crippen molar-refractivity contribution in [3.63, 3.8) is 0 Å². The van der Waals surface area contributed by atoms with Gasteiger partial charge < -0.3 is 14.4 Å². The molecule has 0 bridgehead atoms. The lowest BCUT2D eigenvalue weighted by Crippen LogP contribution is -2.48. The summed E-state index contributed by atoms with van der Waals surface area (Å²) in [6.45, 7) is 6.66. The van der Waals surface area contributed by atoms with Gasteiger partial charge in [0.15, 0.2) is 0 Å². The second-order valence-corrected chi connectivity index (χ2v) is 7.40. The zero-order valence-electron chi connectivity index (χ0n) is 17.5. The fourth-order valence-electron chi connectivity index (χ4n) is 3.74. The van der Waals surface area contributed by atoms with Gasteiger partial charge in [0.25, 0.3) is 5.91 Å². The monoisotopic (exact) mass is 405 g/mol. The van der Waals surface area contributed by atoms with Gasteiger partial charge in [0.1, 0.15) is 17.2 Å². The number of hydrogen-bond acceptors (Lipinski definition) is 5. The lowest BCUT2D eigenvalue weighted by molar-refractivity contribution is 0.0623. The molecule has 0 aliphatic carbocycles. The molecule has 0 radical (unpaired) electrons. The second-order valence-electron chi connectivity index (χ2n) is 7.40. The fourth-order valence-corrected chi connectivity index (χ4v) is 3.74. The number of hydrogen-bond donors (Lipinski definition) is 0. The second kappa shape index (κ2) is 9.13. The summed E-state index contributed by atoms with van der Waals surface area (Å²) in [5.74, 6) is 1.68. The van der Waals surface area contributed by atoms with Gasteiger partial charge in [-0.2, -0.15) is 0 Å². The molecule has 4 rings (SSSR count). The highest BCUT2D eigenvalue weighted by Gasteiger charge is 2.23. The van der Waals surface area contributed by atoms with Crippen molar-refractivity contribution in [1.29, 1.82) is 0 Å². The third-order valence-electron chi connectivity index (χ3n) is 5.42. The summed E-state index contributed by atoms with van der Waals surface area (Å²) in [4.78, 5) is 21.8. The van der Waals surface area contributed by atoms with Crippen molar-refractivity contribution < 1.29 is 14.3 Å². The first-order valence-corrected chi connectivity index (χ1v) is 10.3. The quantitative estimate of drug-likeness (QED) is 0.627. The average molecular weight is 405 g/mol. The minimum absolute atomic E-state index is 0.00608. The van der Waals surface area contributed by atoms with Gasteiger partial charge in [0, 0.05) is 38.1 Å². The summed E-state index contributed by atoms with van der Waals surface area (Å²) in [5.41, 5.74) is 2.55. The Morgan fingerprint density at radius 3 is 2.40 bits per heavy atom. The SMILES string of the molecule is CCOc1ccc(CN2CCN(C(=O)c3ccc4cc(OC)ccc4n3)CC2)cc1. The molecule has 1 aliphatic heterocycles. The van der Waals surface area contributed by atoms with E-state index in [0.29, 0.717) is 25.4 Å². The highest BCUT2D eigenvalue weighted by Crippen LogP contribution is 2.20. The molecule has 30 heavy (non-hydrogen) atoms. The summed E-state index contributed by atoms with van der Waals surface area (Å²) < 4.78 is 10.8. The molecule has 1 fully saturated rings. The van der Waals surface area contributed by atoms with E-state index in [1.165, 1.54) is 5.56 Å². The van der Waals surface area contributed by atoms with Crippen molar-refractivity contribution >= 4 is 16.8 Å². The number of nitrogens with zero attached hydrogens (tertiary/aromatic N) is 3. The highest BCUT2D eigenvalue weighted by molar-refractivity contribution is 5.95. The molecule has 2 aromatic carbocycles. The Bertz CT molecular complexity index is 1010. The van der Waals surface area contributed by atoms with E-state index in [9.17, 15) is 4.79 Å². The molecule has 6 heteroatoms. The third-order valence-corrected chi connectivity index (χ3v) is 5.42. The Morgan fingerprint density at radius 2 is 1.70 bits per heavy atom. The molecular weight excluding hydrogens is 378 g/mol. The van der Waals surface area contributed by atoms with E-state index in [1.54, 1.807) is 13.2 Å². The van der Waals surface area contributed by atoms with Gasteiger partial charge in [-0.05, 0) is 48.9 Å². The van der Waals surface area contributed by atoms with Crippen LogP contribution in [-0.2, 0) is 6.54 Å². The van der Waals surface area contributed by atoms with Crippen LogP contribution in [-0.4, -0.2) is 60.6 Å². The van der Waals surface area contributed by atoms with Crippen molar-refractivity contribution in [3.05, 3.63) is 65.9 Å². The molecule has 1 aromatic heterocycles. The van der Waals surface area contributed by atoms with E-state index in [1.807, 2.05) is 48.2 Å². The molecule has 0 atom stereocenters. The van der Waals surface area contributed by atoms with Gasteiger partial charge in [-0.3, -0.25) is 9.69 Å². The molecule has 156 valence electrons. The van der Waals surface area contributed by atoms with Crippen LogP contribution in [0.5, 0.6) is 11.5 Å². The number of piperazine rings is 1. The Morgan fingerprint density at radius 1 is 0.967 bits per heavy atom. The molecule has 0 unspecified atom stereocenters. The lowest BCUT2D eigenvalue weighted by atomic mass is 10.1. The van der Waals surface area contributed by atoms with Gasteiger partial charge in [-0.25, -0.2) is 4.98 Å². The number of fused-ring (bicyclic) bond motifs is 1. The molecule has 2 heterocycles. The Balaban J connectivity index is 1.35. The minimum atomic E-state index is -0.00608. The highest BCUT2D eigenvalue weighted by atomic mass is 16.5. The summed E-state index contributed by atoms with van der Waals surface area (Å²) in [6, 6.07) is 17.7. The van der Waals surface area contributed by atoms with Crippen LogP contribution in [0.15, 0.2) is 54.6 Å². The smallest absolute Gasteiger partial charge is 0.272 e. The predicted molar refractivity (Wildman–Crippen MR) is 117 cm³/mol. The number of pyridine rings is 1. The number of carbonyl (C=O) groups is 1. The van der Waals surface area contributed by atoms with Crippen LogP contribution in [0.2, 0.25) is 0 Å². The van der Waals surface area contributed by atoms with E-state index in [-0.39, 0.29) is 5.91 Å². The summed E-state index contributed by atoms with van der Waals surface area (Å²) in [5, 5.41) is 0.964. The average Bonchev–Trinajstić information content (AvgIpc) is 2.80. The number of ether oxygens (including phenoxy) is 2. The summed E-state index contributed by atoms with van der Waals surface area (Å²) in [7, 11) is 1.64. The van der Waals surface area contributed by atoms with Crippen LogP contribution in [0.25, 0.3) is 10.9 Å². The van der Waals surface area contributed by atoms with Crippen LogP contribution in [0.1, 0.15) is 23.0 Å². The number of methoxy groups -OCH3 is 1. The first-order chi connectivity index (χ1) is 14.7. The molecule has 0 saturated carbocycles. The number of carbonyl (C=O) groups excluding carboxylic acids is 1. The third kappa shape index (κ3) is 4.54. The van der Waals surface area contributed by atoms with E-state index in [0.717, 1.165) is 42.0 Å². The van der Waals surface area contributed by atoms with E-state index >= 15 is 0 Å². The summed E-state index contributed by atoms with van der Waals surface area (Å²) >= 11 is 0. The summed E-state index contributed by atoms with van der Waals surface area (Å²) in [6.07, 6.45) is 0. The number of aromatic nitrogens is 1. The molecule has 3 aromatic rings. The Labute approximate surface area is 177 Å².